The number of rotatable bonds is 6. The number of hydrogen-bond donors (Lipinski definition) is 1. The lowest BCUT2D eigenvalue weighted by atomic mass is 9.59. The zero-order valence-electron chi connectivity index (χ0n) is 17.3. The Hall–Kier alpha value is -1.14. The summed E-state index contributed by atoms with van der Waals surface area (Å²) < 4.78 is 23.3. The molecule has 2 saturated heterocycles. The highest BCUT2D eigenvalue weighted by Crippen LogP contribution is 2.58. The Morgan fingerprint density at radius 1 is 1.22 bits per heavy atom. The van der Waals surface area contributed by atoms with E-state index < -0.39 is 22.5 Å². The summed E-state index contributed by atoms with van der Waals surface area (Å²) in [6.07, 6.45) is 2.49. The molecule has 0 saturated carbocycles. The number of aliphatic hydroxyl groups is 1. The van der Waals surface area contributed by atoms with Crippen LogP contribution in [0.4, 0.5) is 0 Å². The molecule has 2 fully saturated rings. The molecule has 1 aromatic carbocycles. The first-order chi connectivity index (χ1) is 12.7. The van der Waals surface area contributed by atoms with Crippen LogP contribution in [0.5, 0.6) is 5.75 Å². The predicted octanol–water partition coefficient (Wildman–Crippen LogP) is 4.09. The quantitative estimate of drug-likeness (QED) is 0.808. The van der Waals surface area contributed by atoms with Crippen molar-refractivity contribution in [2.45, 2.75) is 65.0 Å². The van der Waals surface area contributed by atoms with Crippen molar-refractivity contribution in [3.05, 3.63) is 29.8 Å². The fourth-order valence-electron chi connectivity index (χ4n) is 4.54. The molecule has 0 amide bonds. The largest absolute Gasteiger partial charge is 0.497 e. The maximum absolute atomic E-state index is 12.1. The van der Waals surface area contributed by atoms with Crippen LogP contribution in [0.25, 0.3) is 0 Å². The number of benzene rings is 1. The van der Waals surface area contributed by atoms with Crippen LogP contribution >= 0.6 is 0 Å². The Bertz CT molecular complexity index is 635. The summed E-state index contributed by atoms with van der Waals surface area (Å²) in [5.41, 5.74) is -1.16. The van der Waals surface area contributed by atoms with Crippen LogP contribution in [0.1, 0.15) is 58.6 Å². The van der Waals surface area contributed by atoms with Gasteiger partial charge in [-0.3, -0.25) is 0 Å². The van der Waals surface area contributed by atoms with Gasteiger partial charge in [0.1, 0.15) is 17.5 Å². The first-order valence-corrected chi connectivity index (χ1v) is 9.92. The minimum Gasteiger partial charge on any atom is -0.497 e. The van der Waals surface area contributed by atoms with Crippen LogP contribution in [0, 0.1) is 10.8 Å². The van der Waals surface area contributed by atoms with E-state index in [1.165, 1.54) is 0 Å². The first-order valence-electron chi connectivity index (χ1n) is 9.92. The lowest BCUT2D eigenvalue weighted by molar-refractivity contribution is -0.221. The minimum absolute atomic E-state index is 0.178. The first kappa shape index (κ1) is 20.6. The fourth-order valence-corrected chi connectivity index (χ4v) is 4.54. The number of methoxy groups -OCH3 is 1. The third kappa shape index (κ3) is 3.75. The average Bonchev–Trinajstić information content (AvgIpc) is 2.92. The lowest BCUT2D eigenvalue weighted by Gasteiger charge is -2.50. The molecule has 1 N–H and O–H groups in total. The molecule has 1 aromatic rings. The Morgan fingerprint density at radius 2 is 2.00 bits per heavy atom. The van der Waals surface area contributed by atoms with Crippen LogP contribution in [-0.2, 0) is 14.2 Å². The highest BCUT2D eigenvalue weighted by atomic mass is 16.7. The van der Waals surface area contributed by atoms with Crippen molar-refractivity contribution in [3.63, 3.8) is 0 Å². The third-order valence-electron chi connectivity index (χ3n) is 6.22. The van der Waals surface area contributed by atoms with Crippen molar-refractivity contribution in [2.24, 2.45) is 10.8 Å². The molecule has 5 nitrogen and oxygen atoms in total. The van der Waals surface area contributed by atoms with Crippen molar-refractivity contribution in [3.8, 4) is 5.75 Å². The van der Waals surface area contributed by atoms with Gasteiger partial charge >= 0.3 is 0 Å². The summed E-state index contributed by atoms with van der Waals surface area (Å²) in [5, 5.41) is 12.1. The molecule has 1 unspecified atom stereocenters. The van der Waals surface area contributed by atoms with E-state index in [0.717, 1.165) is 37.2 Å². The van der Waals surface area contributed by atoms with E-state index in [1.54, 1.807) is 7.11 Å². The van der Waals surface area contributed by atoms with Crippen molar-refractivity contribution in [2.75, 3.05) is 26.9 Å². The molecule has 3 atom stereocenters. The molecule has 152 valence electrons. The summed E-state index contributed by atoms with van der Waals surface area (Å²) >= 11 is 0. The van der Waals surface area contributed by atoms with Crippen molar-refractivity contribution < 1.29 is 24.1 Å². The van der Waals surface area contributed by atoms with E-state index in [4.69, 9.17) is 18.9 Å². The van der Waals surface area contributed by atoms with Crippen molar-refractivity contribution in [1.82, 2.24) is 0 Å². The zero-order valence-corrected chi connectivity index (χ0v) is 17.3. The molecule has 0 aliphatic carbocycles. The van der Waals surface area contributed by atoms with Gasteiger partial charge in [-0.1, -0.05) is 39.8 Å². The lowest BCUT2D eigenvalue weighted by Crippen LogP contribution is -2.58. The molecule has 27 heavy (non-hydrogen) atoms. The van der Waals surface area contributed by atoms with E-state index in [9.17, 15) is 5.11 Å². The highest BCUT2D eigenvalue weighted by Gasteiger charge is 2.63. The molecular weight excluding hydrogens is 344 g/mol. The van der Waals surface area contributed by atoms with E-state index in [2.05, 4.69) is 27.7 Å². The monoisotopic (exact) mass is 378 g/mol. The van der Waals surface area contributed by atoms with Gasteiger partial charge in [0.15, 0.2) is 6.29 Å². The maximum Gasteiger partial charge on any atom is 0.157 e. The molecule has 2 aliphatic rings. The summed E-state index contributed by atoms with van der Waals surface area (Å²) in [6.45, 7) is 9.86. The summed E-state index contributed by atoms with van der Waals surface area (Å²) in [5.74, 6) is 0.757. The Kier molecular flexibility index (Phi) is 5.88. The SMILES string of the molecule is COc1cccc([C@@H]2OCC(C)(C)[C@]2(O)C(C)(C)COC2CCCCO2)c1. The molecule has 0 radical (unpaired) electrons. The summed E-state index contributed by atoms with van der Waals surface area (Å²) in [7, 11) is 1.65. The van der Waals surface area contributed by atoms with E-state index in [1.807, 2.05) is 24.3 Å². The van der Waals surface area contributed by atoms with Crippen LogP contribution < -0.4 is 4.74 Å². The Morgan fingerprint density at radius 3 is 2.67 bits per heavy atom. The number of ether oxygens (including phenoxy) is 4. The molecule has 0 bridgehead atoms. The summed E-state index contributed by atoms with van der Waals surface area (Å²) in [6, 6.07) is 7.76. The van der Waals surface area contributed by atoms with Crippen LogP contribution in [0.2, 0.25) is 0 Å². The smallest absolute Gasteiger partial charge is 0.157 e. The zero-order chi connectivity index (χ0) is 19.7. The van der Waals surface area contributed by atoms with E-state index in [0.29, 0.717) is 13.2 Å². The van der Waals surface area contributed by atoms with Crippen LogP contribution in [-0.4, -0.2) is 43.9 Å². The Labute approximate surface area is 163 Å². The van der Waals surface area contributed by atoms with Gasteiger partial charge in [-0.15, -0.1) is 0 Å². The minimum atomic E-state index is -1.11. The molecular formula is C22H34O5. The second kappa shape index (κ2) is 7.70. The van der Waals surface area contributed by atoms with Gasteiger partial charge in [0.2, 0.25) is 0 Å². The predicted molar refractivity (Wildman–Crippen MR) is 104 cm³/mol. The van der Waals surface area contributed by atoms with Gasteiger partial charge in [0.25, 0.3) is 0 Å². The second-order valence-corrected chi connectivity index (χ2v) is 9.11. The molecule has 2 heterocycles. The molecule has 0 spiro atoms. The van der Waals surface area contributed by atoms with Gasteiger partial charge in [-0.2, -0.15) is 0 Å². The van der Waals surface area contributed by atoms with Gasteiger partial charge in [-0.25, -0.2) is 0 Å². The highest BCUT2D eigenvalue weighted by molar-refractivity contribution is 5.33. The van der Waals surface area contributed by atoms with E-state index >= 15 is 0 Å². The normalized spacial score (nSPS) is 31.0. The standard InChI is InChI=1S/C22H34O5/c1-20(2,14-26-18-11-6-7-12-25-18)22(23)19(27-15-21(22,3)4)16-9-8-10-17(13-16)24-5/h8-10,13,18-19,23H,6-7,11-12,14-15H2,1-5H3/t18?,19-,22+/m0/s1. The fraction of sp³-hybridized carbons (Fsp3) is 0.727. The van der Waals surface area contributed by atoms with Gasteiger partial charge < -0.3 is 24.1 Å². The van der Waals surface area contributed by atoms with Crippen LogP contribution in [0.15, 0.2) is 24.3 Å². The molecule has 2 aliphatic heterocycles. The average molecular weight is 379 g/mol. The van der Waals surface area contributed by atoms with Crippen LogP contribution in [0.3, 0.4) is 0 Å². The van der Waals surface area contributed by atoms with Gasteiger partial charge in [-0.05, 0) is 37.0 Å². The van der Waals surface area contributed by atoms with Crippen molar-refractivity contribution in [1.29, 1.82) is 0 Å². The second-order valence-electron chi connectivity index (χ2n) is 9.11. The third-order valence-corrected chi connectivity index (χ3v) is 6.22. The van der Waals surface area contributed by atoms with Crippen molar-refractivity contribution >= 4 is 0 Å². The van der Waals surface area contributed by atoms with Gasteiger partial charge in [0.05, 0.1) is 20.3 Å². The van der Waals surface area contributed by atoms with Gasteiger partial charge in [0, 0.05) is 17.4 Å². The Balaban J connectivity index is 1.86. The molecule has 3 rings (SSSR count). The molecule has 5 heteroatoms. The van der Waals surface area contributed by atoms with E-state index in [-0.39, 0.29) is 6.29 Å². The topological polar surface area (TPSA) is 57.2 Å². The molecule has 0 aromatic heterocycles. The number of hydrogen-bond acceptors (Lipinski definition) is 5. The maximum atomic E-state index is 12.1. The summed E-state index contributed by atoms with van der Waals surface area (Å²) in [4.78, 5) is 0.